The van der Waals surface area contributed by atoms with Gasteiger partial charge in [-0.25, -0.2) is 4.79 Å². The molecule has 2 aliphatic heterocycles. The number of carbonyl (C=O) groups excluding carboxylic acids is 1. The van der Waals surface area contributed by atoms with Gasteiger partial charge in [0.2, 0.25) is 0 Å². The highest BCUT2D eigenvalue weighted by Gasteiger charge is 2.45. The van der Waals surface area contributed by atoms with Crippen LogP contribution in [-0.4, -0.2) is 30.7 Å². The molecule has 0 bridgehead atoms. The van der Waals surface area contributed by atoms with Crippen molar-refractivity contribution in [1.82, 2.24) is 0 Å². The quantitative estimate of drug-likeness (QED) is 0.557. The maximum absolute atomic E-state index is 10.8. The normalized spacial score (nSPS) is 27.0. The van der Waals surface area contributed by atoms with E-state index < -0.39 is 11.7 Å². The molecule has 0 aromatic heterocycles. The first-order valence-corrected chi connectivity index (χ1v) is 3.88. The number of rotatable bonds is 0. The highest BCUT2D eigenvalue weighted by atomic mass is 16.6. The van der Waals surface area contributed by atoms with Crippen LogP contribution in [-0.2, 0) is 9.47 Å². The van der Waals surface area contributed by atoms with Crippen molar-refractivity contribution in [3.8, 4) is 0 Å². The van der Waals surface area contributed by atoms with Gasteiger partial charge in [-0.3, -0.25) is 0 Å². The zero-order chi connectivity index (χ0) is 8.60. The minimum absolute atomic E-state index is 0.302. The van der Waals surface area contributed by atoms with Crippen LogP contribution in [0.1, 0.15) is 12.8 Å². The van der Waals surface area contributed by atoms with E-state index in [1.54, 1.807) is 0 Å². The lowest BCUT2D eigenvalue weighted by molar-refractivity contribution is -0.0208. The average molecular weight is 170 g/mol. The van der Waals surface area contributed by atoms with Crippen LogP contribution in [0.25, 0.3) is 0 Å². The van der Waals surface area contributed by atoms with Gasteiger partial charge >= 0.3 is 6.09 Å². The molecule has 2 heterocycles. The lowest BCUT2D eigenvalue weighted by atomic mass is 9.93. The second-order valence-electron chi connectivity index (χ2n) is 2.97. The fourth-order valence-corrected chi connectivity index (χ4v) is 1.50. The number of amidine groups is 1. The molecular formula is C7H10N2O3. The monoisotopic (exact) mass is 170 g/mol. The number of aliphatic imine (C=N–C) groups is 1. The molecule has 2 aliphatic rings. The maximum Gasteiger partial charge on any atom is 0.436 e. The van der Waals surface area contributed by atoms with Crippen molar-refractivity contribution in [3.05, 3.63) is 0 Å². The van der Waals surface area contributed by atoms with Crippen LogP contribution in [0.15, 0.2) is 4.99 Å². The minimum atomic E-state index is -0.644. The van der Waals surface area contributed by atoms with Gasteiger partial charge in [0.05, 0.1) is 13.2 Å². The molecule has 1 spiro atoms. The maximum atomic E-state index is 10.8. The molecule has 2 rings (SSSR count). The SMILES string of the molecule is NC1=NC(=O)OC12CCOCC2. The highest BCUT2D eigenvalue weighted by molar-refractivity contribution is 6.01. The Hall–Kier alpha value is -1.10. The van der Waals surface area contributed by atoms with Crippen molar-refractivity contribution < 1.29 is 14.3 Å². The Morgan fingerprint density at radius 2 is 2.08 bits per heavy atom. The van der Waals surface area contributed by atoms with Crippen LogP contribution < -0.4 is 5.73 Å². The van der Waals surface area contributed by atoms with Gasteiger partial charge in [-0.1, -0.05) is 0 Å². The van der Waals surface area contributed by atoms with Gasteiger partial charge in [0.1, 0.15) is 0 Å². The van der Waals surface area contributed by atoms with E-state index in [1.165, 1.54) is 0 Å². The second-order valence-corrected chi connectivity index (χ2v) is 2.97. The Kier molecular flexibility index (Phi) is 1.54. The van der Waals surface area contributed by atoms with Crippen LogP contribution >= 0.6 is 0 Å². The Bertz CT molecular complexity index is 243. The highest BCUT2D eigenvalue weighted by Crippen LogP contribution is 2.29. The molecule has 0 aliphatic carbocycles. The van der Waals surface area contributed by atoms with E-state index in [2.05, 4.69) is 4.99 Å². The van der Waals surface area contributed by atoms with Crippen molar-refractivity contribution in [2.24, 2.45) is 10.7 Å². The van der Waals surface area contributed by atoms with Crippen LogP contribution in [0.4, 0.5) is 4.79 Å². The third kappa shape index (κ3) is 0.972. The van der Waals surface area contributed by atoms with E-state index in [0.717, 1.165) is 0 Å². The first-order valence-electron chi connectivity index (χ1n) is 3.88. The predicted molar refractivity (Wildman–Crippen MR) is 40.9 cm³/mol. The van der Waals surface area contributed by atoms with Gasteiger partial charge in [-0.2, -0.15) is 4.99 Å². The molecule has 0 unspecified atom stereocenters. The zero-order valence-electron chi connectivity index (χ0n) is 6.58. The van der Waals surface area contributed by atoms with Crippen LogP contribution in [0, 0.1) is 0 Å². The van der Waals surface area contributed by atoms with Crippen LogP contribution in [0.3, 0.4) is 0 Å². The van der Waals surface area contributed by atoms with E-state index in [0.29, 0.717) is 31.9 Å². The van der Waals surface area contributed by atoms with E-state index in [-0.39, 0.29) is 0 Å². The van der Waals surface area contributed by atoms with E-state index in [1.807, 2.05) is 0 Å². The van der Waals surface area contributed by atoms with Crippen LogP contribution in [0.2, 0.25) is 0 Å². The molecule has 5 heteroatoms. The topological polar surface area (TPSA) is 73.9 Å². The number of amides is 1. The molecule has 5 nitrogen and oxygen atoms in total. The fourth-order valence-electron chi connectivity index (χ4n) is 1.50. The van der Waals surface area contributed by atoms with Crippen molar-refractivity contribution in [2.45, 2.75) is 18.4 Å². The zero-order valence-corrected chi connectivity index (χ0v) is 6.58. The molecule has 2 N–H and O–H groups in total. The van der Waals surface area contributed by atoms with Gasteiger partial charge in [-0.05, 0) is 0 Å². The summed E-state index contributed by atoms with van der Waals surface area (Å²) < 4.78 is 10.2. The second kappa shape index (κ2) is 2.45. The molecule has 66 valence electrons. The molecule has 1 saturated heterocycles. The van der Waals surface area contributed by atoms with Gasteiger partial charge < -0.3 is 15.2 Å². The van der Waals surface area contributed by atoms with Crippen LogP contribution in [0.5, 0.6) is 0 Å². The van der Waals surface area contributed by atoms with Gasteiger partial charge in [0.15, 0.2) is 11.4 Å². The Morgan fingerprint density at radius 3 is 2.58 bits per heavy atom. The summed E-state index contributed by atoms with van der Waals surface area (Å²) in [5, 5.41) is 0. The molecule has 0 aromatic carbocycles. The molecule has 12 heavy (non-hydrogen) atoms. The number of carbonyl (C=O) groups is 1. The van der Waals surface area contributed by atoms with Gasteiger partial charge in [-0.15, -0.1) is 0 Å². The number of hydrogen-bond acceptors (Lipinski definition) is 4. The lowest BCUT2D eigenvalue weighted by Crippen LogP contribution is -2.47. The molecule has 0 radical (unpaired) electrons. The summed E-state index contributed by atoms with van der Waals surface area (Å²) in [7, 11) is 0. The molecular weight excluding hydrogens is 160 g/mol. The smallest absolute Gasteiger partial charge is 0.433 e. The largest absolute Gasteiger partial charge is 0.436 e. The molecule has 0 saturated carbocycles. The summed E-state index contributed by atoms with van der Waals surface area (Å²) in [5.74, 6) is 0.302. The Balaban J connectivity index is 2.21. The third-order valence-corrected chi connectivity index (χ3v) is 2.26. The van der Waals surface area contributed by atoms with Gasteiger partial charge in [0, 0.05) is 12.8 Å². The van der Waals surface area contributed by atoms with Gasteiger partial charge in [0.25, 0.3) is 0 Å². The molecule has 1 fully saturated rings. The summed E-state index contributed by atoms with van der Waals surface area (Å²) in [5.41, 5.74) is 4.94. The first-order chi connectivity index (χ1) is 5.73. The summed E-state index contributed by atoms with van der Waals surface area (Å²) in [6, 6.07) is 0. The number of hydrogen-bond donors (Lipinski definition) is 1. The number of nitrogens with two attached hydrogens (primary N) is 1. The van der Waals surface area contributed by atoms with Crippen molar-refractivity contribution in [3.63, 3.8) is 0 Å². The predicted octanol–water partition coefficient (Wildman–Crippen LogP) is 0.0430. The lowest BCUT2D eigenvalue weighted by Gasteiger charge is -2.30. The average Bonchev–Trinajstić information content (AvgIpc) is 2.29. The van der Waals surface area contributed by atoms with Crippen molar-refractivity contribution >= 4 is 11.9 Å². The van der Waals surface area contributed by atoms with E-state index in [9.17, 15) is 4.79 Å². The standard InChI is InChI=1S/C7H10N2O3/c8-5-7(12-6(10)9-5)1-3-11-4-2-7/h1-4H2,(H2,8,9,10). The van der Waals surface area contributed by atoms with Crippen molar-refractivity contribution in [1.29, 1.82) is 0 Å². The third-order valence-electron chi connectivity index (χ3n) is 2.26. The fraction of sp³-hybridized carbons (Fsp3) is 0.714. The number of ether oxygens (including phenoxy) is 2. The van der Waals surface area contributed by atoms with Crippen molar-refractivity contribution in [2.75, 3.05) is 13.2 Å². The Morgan fingerprint density at radius 1 is 1.42 bits per heavy atom. The molecule has 0 atom stereocenters. The minimum Gasteiger partial charge on any atom is -0.433 e. The van der Waals surface area contributed by atoms with E-state index in [4.69, 9.17) is 15.2 Å². The number of nitrogens with zero attached hydrogens (tertiary/aromatic N) is 1. The van der Waals surface area contributed by atoms with E-state index >= 15 is 0 Å². The molecule has 1 amide bonds. The summed E-state index contributed by atoms with van der Waals surface area (Å²) in [6.45, 7) is 1.15. The summed E-state index contributed by atoms with van der Waals surface area (Å²) >= 11 is 0. The summed E-state index contributed by atoms with van der Waals surface area (Å²) in [6.07, 6.45) is 0.664. The first kappa shape index (κ1) is 7.54. The Labute approximate surface area is 69.5 Å². The summed E-state index contributed by atoms with van der Waals surface area (Å²) in [4.78, 5) is 14.3. The molecule has 0 aromatic rings.